The second kappa shape index (κ2) is 11.6. The van der Waals surface area contributed by atoms with Crippen LogP contribution in [0.3, 0.4) is 0 Å². The van der Waals surface area contributed by atoms with Gasteiger partial charge in [0.2, 0.25) is 0 Å². The van der Waals surface area contributed by atoms with Gasteiger partial charge in [0.05, 0.1) is 18.8 Å². The van der Waals surface area contributed by atoms with Crippen LogP contribution >= 0.6 is 0 Å². The average molecular weight is 709 g/mol. The minimum atomic E-state index is -1.85. The zero-order chi connectivity index (χ0) is 36.8. The molecule has 7 aliphatic rings. The van der Waals surface area contributed by atoms with Crippen LogP contribution in [0.5, 0.6) is 0 Å². The molecule has 286 valence electrons. The van der Waals surface area contributed by atoms with Gasteiger partial charge in [-0.15, -0.1) is 0 Å². The summed E-state index contributed by atoms with van der Waals surface area (Å²) in [5.41, 5.74) is -2.39. The second-order valence-corrected chi connectivity index (χ2v) is 19.5. The van der Waals surface area contributed by atoms with Crippen molar-refractivity contribution in [2.45, 2.75) is 162 Å². The Morgan fingerprint density at radius 2 is 1.58 bits per heavy atom. The normalized spacial score (nSPS) is 55.8. The number of hydrogen-bond acceptors (Lipinski definition) is 11. The number of fused-ring (bicyclic) bond motifs is 4. The monoisotopic (exact) mass is 708 g/mol. The summed E-state index contributed by atoms with van der Waals surface area (Å²) < 4.78 is 23.9. The molecule has 2 spiro atoms. The molecule has 0 aromatic heterocycles. The van der Waals surface area contributed by atoms with E-state index in [9.17, 15) is 35.4 Å². The molecule has 2 heterocycles. The van der Waals surface area contributed by atoms with E-state index in [1.807, 2.05) is 0 Å². The highest BCUT2D eigenvalue weighted by atomic mass is 16.7. The summed E-state index contributed by atoms with van der Waals surface area (Å²) in [4.78, 5) is 12.1. The molecule has 0 aromatic rings. The van der Waals surface area contributed by atoms with Crippen LogP contribution in [-0.4, -0.2) is 104 Å². The summed E-state index contributed by atoms with van der Waals surface area (Å²) >= 11 is 0. The molecule has 11 nitrogen and oxygen atoms in total. The highest BCUT2D eigenvalue weighted by Crippen LogP contribution is 2.92. The van der Waals surface area contributed by atoms with Crippen LogP contribution < -0.4 is 0 Å². The molecule has 2 aliphatic heterocycles. The first-order valence-corrected chi connectivity index (χ1v) is 19.3. The third kappa shape index (κ3) is 4.57. The van der Waals surface area contributed by atoms with Crippen LogP contribution in [0, 0.1) is 62.6 Å². The van der Waals surface area contributed by atoms with Gasteiger partial charge in [-0.05, 0) is 110 Å². The molecule has 0 radical (unpaired) electrons. The van der Waals surface area contributed by atoms with Crippen molar-refractivity contribution >= 4 is 5.97 Å². The predicted octanol–water partition coefficient (Wildman–Crippen LogP) is 3.14. The summed E-state index contributed by atoms with van der Waals surface area (Å²) in [6.45, 7) is 18.5. The number of aliphatic hydroxyl groups excluding tert-OH is 4. The molecular weight excluding hydrogens is 644 g/mol. The van der Waals surface area contributed by atoms with E-state index in [4.69, 9.17) is 18.9 Å². The lowest BCUT2D eigenvalue weighted by molar-refractivity contribution is -0.342. The van der Waals surface area contributed by atoms with Gasteiger partial charge in [-0.25, -0.2) is 0 Å². The van der Waals surface area contributed by atoms with E-state index < -0.39 is 71.1 Å². The zero-order valence-electron chi connectivity index (χ0n) is 31.6. The lowest BCUT2D eigenvalue weighted by Gasteiger charge is -2.63. The molecule has 0 bridgehead atoms. The predicted molar refractivity (Wildman–Crippen MR) is 181 cm³/mol. The van der Waals surface area contributed by atoms with Crippen LogP contribution in [0.1, 0.15) is 107 Å². The molecule has 2 saturated heterocycles. The van der Waals surface area contributed by atoms with Crippen LogP contribution in [0.15, 0.2) is 0 Å². The Balaban J connectivity index is 1.16. The number of carbonyl (C=O) groups excluding carboxylic acids is 1. The van der Waals surface area contributed by atoms with Crippen molar-refractivity contribution in [3.8, 4) is 0 Å². The van der Waals surface area contributed by atoms with Gasteiger partial charge < -0.3 is 49.6 Å². The fourth-order valence-electron chi connectivity index (χ4n) is 14.8. The minimum Gasteiger partial charge on any atom is -0.457 e. The lowest BCUT2D eigenvalue weighted by atomic mass is 9.41. The first kappa shape index (κ1) is 37.4. The van der Waals surface area contributed by atoms with Crippen LogP contribution in [0.25, 0.3) is 0 Å². The molecule has 1 unspecified atom stereocenters. The Bertz CT molecular complexity index is 1350. The maximum absolute atomic E-state index is 12.7. The number of rotatable bonds is 6. The summed E-state index contributed by atoms with van der Waals surface area (Å²) in [7, 11) is 0. The van der Waals surface area contributed by atoms with E-state index in [-0.39, 0.29) is 46.5 Å². The van der Waals surface area contributed by atoms with Crippen molar-refractivity contribution < 1.29 is 54.4 Å². The second-order valence-electron chi connectivity index (χ2n) is 19.5. The molecule has 5 aliphatic carbocycles. The first-order chi connectivity index (χ1) is 23.1. The van der Waals surface area contributed by atoms with E-state index in [0.717, 1.165) is 38.5 Å². The highest BCUT2D eigenvalue weighted by Gasteiger charge is 2.89. The molecule has 7 fully saturated rings. The number of carbonyl (C=O) groups is 1. The average Bonchev–Trinajstić information content (AvgIpc) is 3.50. The highest BCUT2D eigenvalue weighted by molar-refractivity contribution is 5.66. The minimum absolute atomic E-state index is 0.0248. The van der Waals surface area contributed by atoms with E-state index in [1.54, 1.807) is 13.8 Å². The zero-order valence-corrected chi connectivity index (χ0v) is 31.6. The van der Waals surface area contributed by atoms with Gasteiger partial charge in [0, 0.05) is 18.3 Å². The number of esters is 1. The third-order valence-corrected chi connectivity index (χ3v) is 17.0. The first-order valence-electron chi connectivity index (χ1n) is 19.3. The maximum Gasteiger partial charge on any atom is 0.303 e. The SMILES string of the molecule is CC(=O)O[C@@H]([C@H]1C[C@@H](C)[C@H]2[C@@](O)(O1)[C@H](O)[C@@]1(C)[C@@H]3CC[C@H]4C(C)(C)C(CO[C@@H]5OC[C@H](O)[C@H](O)[C@H]5O)CC[C@@]45[C@@H](C)[C@@]35CC[C@]21C)C(C)(C)O. The van der Waals surface area contributed by atoms with Gasteiger partial charge in [-0.1, -0.05) is 41.5 Å². The van der Waals surface area contributed by atoms with Crippen molar-refractivity contribution in [3.63, 3.8) is 0 Å². The van der Waals surface area contributed by atoms with Crippen molar-refractivity contribution in [2.24, 2.45) is 62.6 Å². The molecule has 11 heteroatoms. The standard InChI is InChI=1S/C39H64O11/c1-19-16-24(30(34(6,7)45)49-21(3)40)50-39(46)29(19)35(8)14-15-38-20(2)37(38)13-12-22(17-47-31-28(43)27(42)23(41)18-48-31)33(4,5)25(37)10-11-26(38)36(35,9)32(39)44/h19-20,22-32,41-46H,10-18H2,1-9H3/t19-,20-,22?,23+,24-,25+,26+,27+,28-,29-,30+,31-,32-,35-,36-,37-,38+,39-/m1/s1. The van der Waals surface area contributed by atoms with Gasteiger partial charge in [-0.2, -0.15) is 0 Å². The van der Waals surface area contributed by atoms with E-state index in [2.05, 4.69) is 41.5 Å². The maximum atomic E-state index is 12.7. The molecule has 50 heavy (non-hydrogen) atoms. The van der Waals surface area contributed by atoms with Crippen LogP contribution in [0.2, 0.25) is 0 Å². The molecule has 6 N–H and O–H groups in total. The number of aliphatic hydroxyl groups is 6. The fourth-order valence-corrected chi connectivity index (χ4v) is 14.8. The van der Waals surface area contributed by atoms with E-state index in [1.165, 1.54) is 6.92 Å². The van der Waals surface area contributed by atoms with Crippen molar-refractivity contribution in [1.29, 1.82) is 0 Å². The van der Waals surface area contributed by atoms with Crippen molar-refractivity contribution in [2.75, 3.05) is 13.2 Å². The number of hydrogen-bond donors (Lipinski definition) is 6. The molecule has 0 amide bonds. The largest absolute Gasteiger partial charge is 0.457 e. The van der Waals surface area contributed by atoms with Gasteiger partial charge in [0.25, 0.3) is 0 Å². The Hall–Kier alpha value is -0.890. The quantitative estimate of drug-likeness (QED) is 0.224. The molecule has 7 rings (SSSR count). The Labute approximate surface area is 297 Å². The third-order valence-electron chi connectivity index (χ3n) is 17.0. The number of ether oxygens (including phenoxy) is 4. The lowest BCUT2D eigenvalue weighted by Crippen LogP contribution is -2.61. The Kier molecular flexibility index (Phi) is 8.65. The molecule has 18 atom stereocenters. The van der Waals surface area contributed by atoms with Gasteiger partial charge in [-0.3, -0.25) is 4.79 Å². The van der Waals surface area contributed by atoms with Gasteiger partial charge in [0.15, 0.2) is 18.2 Å². The van der Waals surface area contributed by atoms with E-state index in [0.29, 0.717) is 24.9 Å². The van der Waals surface area contributed by atoms with Crippen molar-refractivity contribution in [3.05, 3.63) is 0 Å². The smallest absolute Gasteiger partial charge is 0.303 e. The summed E-state index contributed by atoms with van der Waals surface area (Å²) in [5.74, 6) is -1.48. The summed E-state index contributed by atoms with van der Waals surface area (Å²) in [6, 6.07) is 0. The van der Waals surface area contributed by atoms with Crippen LogP contribution in [0.4, 0.5) is 0 Å². The summed E-state index contributed by atoms with van der Waals surface area (Å²) in [6.07, 6.45) is -1.32. The molecule has 0 aromatic carbocycles. The Morgan fingerprint density at radius 1 is 0.940 bits per heavy atom. The van der Waals surface area contributed by atoms with Gasteiger partial charge in [0.1, 0.15) is 30.5 Å². The van der Waals surface area contributed by atoms with Gasteiger partial charge >= 0.3 is 5.97 Å². The Morgan fingerprint density at radius 3 is 2.22 bits per heavy atom. The molecule has 5 saturated carbocycles. The van der Waals surface area contributed by atoms with Crippen LogP contribution in [-0.2, 0) is 23.7 Å². The topological polar surface area (TPSA) is 175 Å². The fraction of sp³-hybridized carbons (Fsp3) is 0.974. The molecular formula is C39H64O11. The summed E-state index contributed by atoms with van der Waals surface area (Å²) in [5, 5.41) is 66.9. The van der Waals surface area contributed by atoms with E-state index >= 15 is 0 Å². The van der Waals surface area contributed by atoms with Crippen molar-refractivity contribution in [1.82, 2.24) is 0 Å².